The van der Waals surface area contributed by atoms with E-state index in [2.05, 4.69) is 0 Å². The van der Waals surface area contributed by atoms with Crippen molar-refractivity contribution >= 4 is 5.91 Å². The van der Waals surface area contributed by atoms with Crippen LogP contribution in [0.25, 0.3) is 0 Å². The zero-order chi connectivity index (χ0) is 13.2. The Morgan fingerprint density at radius 1 is 1.39 bits per heavy atom. The highest BCUT2D eigenvalue weighted by atomic mass is 19.3. The van der Waals surface area contributed by atoms with E-state index in [0.717, 1.165) is 10.5 Å². The summed E-state index contributed by atoms with van der Waals surface area (Å²) < 4.78 is 26.0. The van der Waals surface area contributed by atoms with Crippen molar-refractivity contribution in [3.05, 3.63) is 35.9 Å². The molecule has 1 atom stereocenters. The van der Waals surface area contributed by atoms with Crippen molar-refractivity contribution in [2.45, 2.75) is 24.8 Å². The lowest BCUT2D eigenvalue weighted by Crippen LogP contribution is -2.44. The summed E-state index contributed by atoms with van der Waals surface area (Å²) in [5, 5.41) is 0. The Bertz CT molecular complexity index is 422. The fraction of sp³-hybridized carbons (Fsp3) is 0.462. The fourth-order valence-electron chi connectivity index (χ4n) is 2.11. The molecule has 0 saturated carbocycles. The van der Waals surface area contributed by atoms with Gasteiger partial charge in [-0.1, -0.05) is 30.3 Å². The number of halogens is 2. The van der Waals surface area contributed by atoms with Gasteiger partial charge in [0.1, 0.15) is 0 Å². The van der Waals surface area contributed by atoms with E-state index < -0.39 is 24.4 Å². The lowest BCUT2D eigenvalue weighted by molar-refractivity contribution is -0.133. The molecule has 1 aromatic carbocycles. The molecule has 2 N–H and O–H groups in total. The minimum atomic E-state index is -2.76. The van der Waals surface area contributed by atoms with Crippen LogP contribution in [0, 0.1) is 0 Å². The van der Waals surface area contributed by atoms with Gasteiger partial charge in [0.15, 0.2) is 0 Å². The first kappa shape index (κ1) is 13.0. The van der Waals surface area contributed by atoms with Crippen LogP contribution in [0.15, 0.2) is 30.3 Å². The summed E-state index contributed by atoms with van der Waals surface area (Å²) in [6, 6.07) is 8.57. The Labute approximate surface area is 105 Å². The number of likely N-dealkylation sites (tertiary alicyclic amines) is 1. The first-order valence-electron chi connectivity index (χ1n) is 5.94. The van der Waals surface area contributed by atoms with Crippen molar-refractivity contribution < 1.29 is 13.6 Å². The first-order valence-corrected chi connectivity index (χ1v) is 5.94. The Hall–Kier alpha value is -1.49. The molecular formula is C13H16F2N2O. The smallest absolute Gasteiger partial charge is 0.267 e. The van der Waals surface area contributed by atoms with Crippen molar-refractivity contribution in [1.82, 2.24) is 4.90 Å². The van der Waals surface area contributed by atoms with Crippen LogP contribution in [0.3, 0.4) is 0 Å². The Kier molecular flexibility index (Phi) is 3.61. The fourth-order valence-corrected chi connectivity index (χ4v) is 2.11. The molecule has 5 heteroatoms. The second-order valence-corrected chi connectivity index (χ2v) is 4.66. The highest BCUT2D eigenvalue weighted by molar-refractivity contribution is 5.82. The number of alkyl halides is 2. The maximum Gasteiger partial charge on any atom is 0.267 e. The molecule has 1 fully saturated rings. The van der Waals surface area contributed by atoms with Gasteiger partial charge in [-0.15, -0.1) is 0 Å². The summed E-state index contributed by atoms with van der Waals surface area (Å²) in [6.07, 6.45) is 0.110. The zero-order valence-corrected chi connectivity index (χ0v) is 9.98. The summed E-state index contributed by atoms with van der Waals surface area (Å²) in [6.45, 7) is -0.414. The molecule has 1 unspecified atom stereocenters. The van der Waals surface area contributed by atoms with Gasteiger partial charge >= 0.3 is 0 Å². The van der Waals surface area contributed by atoms with E-state index in [0.29, 0.717) is 6.42 Å². The normalized spacial score (nSPS) is 19.8. The van der Waals surface area contributed by atoms with Crippen LogP contribution >= 0.6 is 0 Å². The molecule has 18 heavy (non-hydrogen) atoms. The van der Waals surface area contributed by atoms with Gasteiger partial charge in [-0.05, 0) is 12.0 Å². The van der Waals surface area contributed by atoms with Gasteiger partial charge < -0.3 is 10.6 Å². The lowest BCUT2D eigenvalue weighted by atomic mass is 10.1. The molecule has 1 aliphatic rings. The second kappa shape index (κ2) is 5.02. The number of hydrogen-bond acceptors (Lipinski definition) is 2. The van der Waals surface area contributed by atoms with Gasteiger partial charge in [0, 0.05) is 13.0 Å². The number of carbonyl (C=O) groups is 1. The highest BCUT2D eigenvalue weighted by Crippen LogP contribution is 2.27. The predicted molar refractivity (Wildman–Crippen MR) is 64.3 cm³/mol. The number of nitrogens with zero attached hydrogens (tertiary/aromatic N) is 1. The molecule has 0 spiro atoms. The van der Waals surface area contributed by atoms with Crippen LogP contribution in [-0.4, -0.2) is 35.9 Å². The van der Waals surface area contributed by atoms with E-state index in [1.807, 2.05) is 30.3 Å². The van der Waals surface area contributed by atoms with E-state index in [-0.39, 0.29) is 13.0 Å². The molecule has 1 aliphatic heterocycles. The molecule has 0 aliphatic carbocycles. The van der Waals surface area contributed by atoms with Crippen LogP contribution in [0.1, 0.15) is 12.0 Å². The van der Waals surface area contributed by atoms with Gasteiger partial charge in [-0.25, -0.2) is 8.78 Å². The lowest BCUT2D eigenvalue weighted by Gasteiger charge is -2.20. The first-order chi connectivity index (χ1) is 8.48. The van der Waals surface area contributed by atoms with E-state index in [4.69, 9.17) is 5.73 Å². The highest BCUT2D eigenvalue weighted by Gasteiger charge is 2.41. The maximum absolute atomic E-state index is 13.0. The molecule has 0 bridgehead atoms. The second-order valence-electron chi connectivity index (χ2n) is 4.66. The standard InChI is InChI=1S/C13H16F2N2O/c14-13(15)6-7-17(9-13)12(18)11(16)8-10-4-2-1-3-5-10/h1-5,11H,6-9,16H2. The Morgan fingerprint density at radius 2 is 2.06 bits per heavy atom. The van der Waals surface area contributed by atoms with Gasteiger partial charge in [0.2, 0.25) is 5.91 Å². The Morgan fingerprint density at radius 3 is 2.61 bits per heavy atom. The molecule has 3 nitrogen and oxygen atoms in total. The average molecular weight is 254 g/mol. The zero-order valence-electron chi connectivity index (χ0n) is 9.98. The van der Waals surface area contributed by atoms with Crippen molar-refractivity contribution in [1.29, 1.82) is 0 Å². The topological polar surface area (TPSA) is 46.3 Å². The average Bonchev–Trinajstić information content (AvgIpc) is 2.70. The number of carbonyl (C=O) groups excluding carboxylic acids is 1. The van der Waals surface area contributed by atoms with E-state index in [9.17, 15) is 13.6 Å². The summed E-state index contributed by atoms with van der Waals surface area (Å²) in [7, 11) is 0. The minimum absolute atomic E-state index is 0.0916. The third-order valence-corrected chi connectivity index (χ3v) is 3.10. The van der Waals surface area contributed by atoms with Crippen LogP contribution in [0.2, 0.25) is 0 Å². The molecule has 0 aromatic heterocycles. The number of hydrogen-bond donors (Lipinski definition) is 1. The van der Waals surface area contributed by atoms with E-state index in [1.54, 1.807) is 0 Å². The van der Waals surface area contributed by atoms with Crippen LogP contribution in [-0.2, 0) is 11.2 Å². The number of nitrogens with two attached hydrogens (primary N) is 1. The van der Waals surface area contributed by atoms with E-state index in [1.165, 1.54) is 0 Å². The molecule has 1 heterocycles. The van der Waals surface area contributed by atoms with Crippen molar-refractivity contribution in [2.75, 3.05) is 13.1 Å². The van der Waals surface area contributed by atoms with Gasteiger partial charge in [0.05, 0.1) is 12.6 Å². The van der Waals surface area contributed by atoms with E-state index >= 15 is 0 Å². The van der Waals surface area contributed by atoms with Gasteiger partial charge in [-0.2, -0.15) is 0 Å². The van der Waals surface area contributed by atoms with Crippen LogP contribution in [0.4, 0.5) is 8.78 Å². The van der Waals surface area contributed by atoms with Crippen molar-refractivity contribution in [2.24, 2.45) is 5.73 Å². The summed E-state index contributed by atoms with van der Waals surface area (Å²) in [5.74, 6) is -3.15. The third kappa shape index (κ3) is 3.04. The quantitative estimate of drug-likeness (QED) is 0.886. The Balaban J connectivity index is 1.94. The van der Waals surface area contributed by atoms with Gasteiger partial charge in [0.25, 0.3) is 5.92 Å². The molecular weight excluding hydrogens is 238 g/mol. The summed E-state index contributed by atoms with van der Waals surface area (Å²) in [4.78, 5) is 13.1. The summed E-state index contributed by atoms with van der Waals surface area (Å²) >= 11 is 0. The minimum Gasteiger partial charge on any atom is -0.335 e. The molecule has 1 amide bonds. The SMILES string of the molecule is NC(Cc1ccccc1)C(=O)N1CCC(F)(F)C1. The molecule has 1 saturated heterocycles. The largest absolute Gasteiger partial charge is 0.335 e. The third-order valence-electron chi connectivity index (χ3n) is 3.10. The van der Waals surface area contributed by atoms with Crippen molar-refractivity contribution in [3.63, 3.8) is 0 Å². The van der Waals surface area contributed by atoms with Crippen LogP contribution in [0.5, 0.6) is 0 Å². The predicted octanol–water partition coefficient (Wildman–Crippen LogP) is 1.42. The molecule has 98 valence electrons. The van der Waals surface area contributed by atoms with Crippen molar-refractivity contribution in [3.8, 4) is 0 Å². The molecule has 2 rings (SSSR count). The maximum atomic E-state index is 13.0. The number of rotatable bonds is 3. The van der Waals surface area contributed by atoms with Gasteiger partial charge in [-0.3, -0.25) is 4.79 Å². The molecule has 0 radical (unpaired) electrons. The number of amides is 1. The summed E-state index contributed by atoms with van der Waals surface area (Å²) in [5.41, 5.74) is 6.72. The molecule has 1 aromatic rings. The van der Waals surface area contributed by atoms with Crippen LogP contribution < -0.4 is 5.73 Å². The monoisotopic (exact) mass is 254 g/mol. The number of benzene rings is 1.